The van der Waals surface area contributed by atoms with E-state index in [-0.39, 0.29) is 5.75 Å². The molecule has 0 aliphatic rings. The van der Waals surface area contributed by atoms with Gasteiger partial charge in [-0.15, -0.1) is 6.42 Å². The lowest BCUT2D eigenvalue weighted by Crippen LogP contribution is -2.04. The van der Waals surface area contributed by atoms with Gasteiger partial charge in [-0.3, -0.25) is 0 Å². The third-order valence-corrected chi connectivity index (χ3v) is 2.71. The van der Waals surface area contributed by atoms with Crippen molar-refractivity contribution in [2.75, 3.05) is 0 Å². The molecular weight excluding hydrogens is 251 g/mol. The van der Waals surface area contributed by atoms with Crippen molar-refractivity contribution in [3.8, 4) is 18.1 Å². The topological polar surface area (TPSA) is 43.4 Å². The molecule has 6 heteroatoms. The number of terminal acetylenes is 1. The highest BCUT2D eigenvalue weighted by Gasteiger charge is 2.14. The van der Waals surface area contributed by atoms with Gasteiger partial charge in [0.1, 0.15) is 5.75 Å². The van der Waals surface area contributed by atoms with Crippen molar-refractivity contribution in [2.45, 2.75) is 12.7 Å². The molecule has 0 aromatic heterocycles. The van der Waals surface area contributed by atoms with Gasteiger partial charge in [-0.25, -0.2) is 0 Å². The van der Waals surface area contributed by atoms with Gasteiger partial charge in [0.2, 0.25) is 0 Å². The summed E-state index contributed by atoms with van der Waals surface area (Å²) in [5.41, 5.74) is 1.60. The predicted octanol–water partition coefficient (Wildman–Crippen LogP) is 2.00. The third kappa shape index (κ3) is 3.15. The highest BCUT2D eigenvalue weighted by molar-refractivity contribution is 7.81. The first-order valence-electron chi connectivity index (χ1n) is 4.22. The van der Waals surface area contributed by atoms with Crippen molar-refractivity contribution in [3.63, 3.8) is 0 Å². The first-order chi connectivity index (χ1) is 7.37. The van der Waals surface area contributed by atoms with Crippen LogP contribution in [-0.4, -0.2) is 8.42 Å². The summed E-state index contributed by atoms with van der Waals surface area (Å²) < 4.78 is 37.4. The van der Waals surface area contributed by atoms with Crippen molar-refractivity contribution >= 4 is 23.1 Å². The molecule has 0 N–H and O–H groups in total. The third-order valence-electron chi connectivity index (χ3n) is 1.99. The second kappa shape index (κ2) is 4.76. The van der Waals surface area contributed by atoms with Crippen molar-refractivity contribution in [3.05, 3.63) is 28.8 Å². The Kier molecular flexibility index (Phi) is 3.83. The zero-order chi connectivity index (χ0) is 12.3. The van der Waals surface area contributed by atoms with Gasteiger partial charge in [0.05, 0.1) is 0 Å². The average Bonchev–Trinajstić information content (AvgIpc) is 2.19. The van der Waals surface area contributed by atoms with Gasteiger partial charge >= 0.3 is 10.5 Å². The summed E-state index contributed by atoms with van der Waals surface area (Å²) in [5, 5.41) is 0. The minimum absolute atomic E-state index is 0.109. The first kappa shape index (κ1) is 12.9. The molecule has 0 fully saturated rings. The molecule has 1 aromatic rings. The van der Waals surface area contributed by atoms with Crippen LogP contribution < -0.4 is 4.18 Å². The summed E-state index contributed by atoms with van der Waals surface area (Å²) in [6.45, 7) is 1.60. The lowest BCUT2D eigenvalue weighted by Gasteiger charge is -2.09. The molecule has 86 valence electrons. The Morgan fingerprint density at radius 3 is 2.62 bits per heavy atom. The molecule has 0 spiro atoms. The smallest absolute Gasteiger partial charge is 0.358 e. The molecule has 0 heterocycles. The molecule has 0 aliphatic heterocycles. The maximum atomic E-state index is 12.4. The average molecular weight is 260 g/mol. The van der Waals surface area contributed by atoms with Crippen LogP contribution in [-0.2, 0) is 16.3 Å². The van der Waals surface area contributed by atoms with Crippen LogP contribution in [0.25, 0.3) is 0 Å². The minimum Gasteiger partial charge on any atom is -0.358 e. The normalized spacial score (nSPS) is 10.9. The van der Waals surface area contributed by atoms with Gasteiger partial charge in [-0.2, -0.15) is 21.0 Å². The minimum atomic E-state index is -5.04. The number of hydrogen-bond donors (Lipinski definition) is 1. The maximum absolute atomic E-state index is 12.4. The van der Waals surface area contributed by atoms with E-state index in [0.717, 1.165) is 0 Å². The number of rotatable bonds is 3. The second-order valence-corrected chi connectivity index (χ2v) is 4.31. The summed E-state index contributed by atoms with van der Waals surface area (Å²) in [6.07, 6.45) is 5.18. The fourth-order valence-corrected chi connectivity index (χ4v) is 1.90. The Morgan fingerprint density at radius 2 is 2.19 bits per heavy atom. The van der Waals surface area contributed by atoms with Crippen LogP contribution in [0.3, 0.4) is 0 Å². The van der Waals surface area contributed by atoms with Crippen LogP contribution in [0.2, 0.25) is 0 Å². The molecule has 0 amide bonds. The standard InChI is InChI=1S/C10H9FO3S2/c1-3-8-4-9(6-15)7(2)10(5-8)14-16(11,12)13/h1,4-5,15H,6H2,2H3. The van der Waals surface area contributed by atoms with E-state index in [2.05, 4.69) is 22.7 Å². The van der Waals surface area contributed by atoms with E-state index in [0.29, 0.717) is 22.4 Å². The predicted molar refractivity (Wildman–Crippen MR) is 62.5 cm³/mol. The number of halogens is 1. The maximum Gasteiger partial charge on any atom is 0.488 e. The quantitative estimate of drug-likeness (QED) is 0.513. The summed E-state index contributed by atoms with van der Waals surface area (Å²) >= 11 is 4.06. The summed E-state index contributed by atoms with van der Waals surface area (Å²) in [7, 11) is -5.04. The van der Waals surface area contributed by atoms with Gasteiger partial charge in [-0.05, 0) is 30.2 Å². The summed E-state index contributed by atoms with van der Waals surface area (Å²) in [4.78, 5) is 0. The molecule has 0 bridgehead atoms. The Morgan fingerprint density at radius 1 is 1.56 bits per heavy atom. The van der Waals surface area contributed by atoms with Crippen molar-refractivity contribution in [1.82, 2.24) is 0 Å². The Balaban J connectivity index is 3.33. The highest BCUT2D eigenvalue weighted by Crippen LogP contribution is 2.26. The molecule has 1 aromatic carbocycles. The van der Waals surface area contributed by atoms with Crippen molar-refractivity contribution in [2.24, 2.45) is 0 Å². The molecule has 0 atom stereocenters. The molecular formula is C10H9FO3S2. The lowest BCUT2D eigenvalue weighted by molar-refractivity contribution is 0.438. The van der Waals surface area contributed by atoms with Crippen LogP contribution >= 0.6 is 12.6 Å². The van der Waals surface area contributed by atoms with Crippen LogP contribution in [0.5, 0.6) is 5.75 Å². The van der Waals surface area contributed by atoms with Crippen molar-refractivity contribution in [1.29, 1.82) is 0 Å². The molecule has 1 rings (SSSR count). The van der Waals surface area contributed by atoms with Crippen LogP contribution in [0.15, 0.2) is 12.1 Å². The molecule has 0 radical (unpaired) electrons. The summed E-state index contributed by atoms with van der Waals surface area (Å²) in [6, 6.07) is 2.96. The van der Waals surface area contributed by atoms with Gasteiger partial charge in [0, 0.05) is 11.3 Å². The van der Waals surface area contributed by atoms with Gasteiger partial charge in [0.25, 0.3) is 0 Å². The van der Waals surface area contributed by atoms with E-state index >= 15 is 0 Å². The molecule has 0 saturated heterocycles. The molecule has 0 saturated carbocycles. The van der Waals surface area contributed by atoms with Crippen LogP contribution in [0, 0.1) is 19.3 Å². The zero-order valence-corrected chi connectivity index (χ0v) is 10.1. The molecule has 0 unspecified atom stereocenters. The molecule has 16 heavy (non-hydrogen) atoms. The highest BCUT2D eigenvalue weighted by atomic mass is 32.3. The van der Waals surface area contributed by atoms with Gasteiger partial charge in [0.15, 0.2) is 0 Å². The lowest BCUT2D eigenvalue weighted by atomic mass is 10.1. The zero-order valence-electron chi connectivity index (χ0n) is 8.40. The monoisotopic (exact) mass is 260 g/mol. The Labute approximate surface area is 99.5 Å². The van der Waals surface area contributed by atoms with E-state index in [1.54, 1.807) is 13.0 Å². The fourth-order valence-electron chi connectivity index (χ4n) is 1.19. The van der Waals surface area contributed by atoms with E-state index in [1.807, 2.05) is 0 Å². The van der Waals surface area contributed by atoms with E-state index in [1.165, 1.54) is 6.07 Å². The van der Waals surface area contributed by atoms with Gasteiger partial charge in [-0.1, -0.05) is 9.81 Å². The number of thiol groups is 1. The van der Waals surface area contributed by atoms with E-state index in [4.69, 9.17) is 6.42 Å². The second-order valence-electron chi connectivity index (χ2n) is 3.04. The van der Waals surface area contributed by atoms with Crippen molar-refractivity contribution < 1.29 is 16.5 Å². The Hall–Kier alpha value is -1.19. The SMILES string of the molecule is C#Cc1cc(CS)c(C)c(OS(=O)(=O)F)c1. The van der Waals surface area contributed by atoms with Crippen LogP contribution in [0.1, 0.15) is 16.7 Å². The molecule has 3 nitrogen and oxygen atoms in total. The summed E-state index contributed by atoms with van der Waals surface area (Å²) in [5.74, 6) is 2.57. The molecule has 0 aliphatic carbocycles. The number of hydrogen-bond acceptors (Lipinski definition) is 4. The first-order valence-corrected chi connectivity index (χ1v) is 6.16. The Bertz CT molecular complexity index is 544. The van der Waals surface area contributed by atoms with E-state index in [9.17, 15) is 12.3 Å². The van der Waals surface area contributed by atoms with E-state index < -0.39 is 10.5 Å². The largest absolute Gasteiger partial charge is 0.488 e. The fraction of sp³-hybridized carbons (Fsp3) is 0.200. The van der Waals surface area contributed by atoms with Gasteiger partial charge < -0.3 is 4.18 Å². The number of benzene rings is 1. The van der Waals surface area contributed by atoms with Crippen LogP contribution in [0.4, 0.5) is 3.89 Å².